The molecule has 0 atom stereocenters. The third-order valence-electron chi connectivity index (χ3n) is 7.56. The maximum atomic E-state index is 13.8. The first kappa shape index (κ1) is 35.4. The Bertz CT molecular complexity index is 1770. The molecule has 7 nitrogen and oxygen atoms in total. The van der Waals surface area contributed by atoms with Gasteiger partial charge in [-0.2, -0.15) is 10.2 Å². The van der Waals surface area contributed by atoms with E-state index < -0.39 is 7.26 Å². The van der Waals surface area contributed by atoms with E-state index in [1.807, 2.05) is 48.5 Å². The van der Waals surface area contributed by atoms with Gasteiger partial charge in [-0.25, -0.2) is 4.39 Å². The summed E-state index contributed by atoms with van der Waals surface area (Å²) in [5, 5.41) is 19.6. The summed E-state index contributed by atoms with van der Waals surface area (Å²) in [5.41, 5.74) is 8.09. The minimum atomic E-state index is -2.11. The standard InChI is InChI=1S/C38H36FN6OPS2/c1-40-37(48)44-42-36(30-22-24-31(39)25-23-30)35(29-14-6-2-7-15-29)43-45-38(49)41-26-27-46-28-47(32-16-8-3-9-17-32,33-18-10-4-11-19-33)34-20-12-5-13-21-34/h2-25H,26-28H2,1H3,(H3-,40,41,42,43,44,45,48,49)/p+1. The quantitative estimate of drug-likeness (QED) is 0.0426. The molecule has 0 fully saturated rings. The average Bonchev–Trinajstić information content (AvgIpc) is 3.16. The molecule has 49 heavy (non-hydrogen) atoms. The average molecular weight is 708 g/mol. The lowest BCUT2D eigenvalue weighted by molar-refractivity contribution is 0.185. The van der Waals surface area contributed by atoms with Crippen LogP contribution < -0.4 is 37.4 Å². The van der Waals surface area contributed by atoms with Gasteiger partial charge in [0.1, 0.15) is 40.4 Å². The lowest BCUT2D eigenvalue weighted by Gasteiger charge is -2.27. The maximum Gasteiger partial charge on any atom is 0.187 e. The summed E-state index contributed by atoms with van der Waals surface area (Å²) in [4.78, 5) is 0. The zero-order valence-electron chi connectivity index (χ0n) is 26.9. The number of thiocarbonyl (C=S) groups is 2. The summed E-state index contributed by atoms with van der Waals surface area (Å²) in [6.45, 7) is 0.871. The van der Waals surface area contributed by atoms with Gasteiger partial charge in [0.05, 0.1) is 6.61 Å². The summed E-state index contributed by atoms with van der Waals surface area (Å²) in [7, 11) is -0.422. The third kappa shape index (κ3) is 9.40. The molecule has 4 N–H and O–H groups in total. The Hall–Kier alpha value is -4.86. The Balaban J connectivity index is 1.31. The number of rotatable bonds is 13. The van der Waals surface area contributed by atoms with Crippen LogP contribution in [-0.4, -0.2) is 48.2 Å². The molecule has 248 valence electrons. The molecule has 5 aromatic rings. The van der Waals surface area contributed by atoms with Gasteiger partial charge in [-0.05, 0) is 85.1 Å². The highest BCUT2D eigenvalue weighted by atomic mass is 32.1. The van der Waals surface area contributed by atoms with E-state index in [4.69, 9.17) is 29.2 Å². The molecule has 0 amide bonds. The second-order valence-corrected chi connectivity index (χ2v) is 14.9. The number of hydrogen-bond donors (Lipinski definition) is 4. The number of benzene rings is 5. The second-order valence-electron chi connectivity index (χ2n) is 10.7. The van der Waals surface area contributed by atoms with Crippen molar-refractivity contribution in [2.45, 2.75) is 0 Å². The SMILES string of the molecule is CNC(=S)NN=C(C(=NNC(=S)NCCOC[P+](c1ccccc1)(c1ccccc1)c1ccccc1)c1ccccc1)c1ccc(F)cc1. The summed E-state index contributed by atoms with van der Waals surface area (Å²) >= 11 is 10.9. The topological polar surface area (TPSA) is 82.1 Å². The van der Waals surface area contributed by atoms with Crippen molar-refractivity contribution in [1.82, 2.24) is 21.5 Å². The Morgan fingerprint density at radius 2 is 1.04 bits per heavy atom. The molecule has 0 aliphatic heterocycles. The Morgan fingerprint density at radius 3 is 1.51 bits per heavy atom. The molecule has 5 rings (SSSR count). The molecule has 0 bridgehead atoms. The van der Waals surface area contributed by atoms with Gasteiger partial charge in [0.2, 0.25) is 0 Å². The van der Waals surface area contributed by atoms with E-state index >= 15 is 0 Å². The van der Waals surface area contributed by atoms with Gasteiger partial charge >= 0.3 is 0 Å². The first-order chi connectivity index (χ1) is 24.0. The van der Waals surface area contributed by atoms with Crippen LogP contribution in [0.15, 0.2) is 156 Å². The van der Waals surface area contributed by atoms with Crippen molar-refractivity contribution in [2.75, 3.05) is 26.5 Å². The van der Waals surface area contributed by atoms with Crippen LogP contribution in [0.5, 0.6) is 0 Å². The van der Waals surface area contributed by atoms with E-state index in [2.05, 4.69) is 104 Å². The molecule has 0 radical (unpaired) electrons. The van der Waals surface area contributed by atoms with Crippen molar-refractivity contribution in [2.24, 2.45) is 10.2 Å². The van der Waals surface area contributed by atoms with Gasteiger partial charge in [0.25, 0.3) is 0 Å². The van der Waals surface area contributed by atoms with Crippen LogP contribution in [0.1, 0.15) is 11.1 Å². The minimum Gasteiger partial charge on any atom is -0.364 e. The molecule has 0 aliphatic carbocycles. The highest BCUT2D eigenvalue weighted by Crippen LogP contribution is 2.55. The van der Waals surface area contributed by atoms with Crippen LogP contribution in [-0.2, 0) is 4.74 Å². The largest absolute Gasteiger partial charge is 0.364 e. The smallest absolute Gasteiger partial charge is 0.187 e. The van der Waals surface area contributed by atoms with Crippen molar-refractivity contribution < 1.29 is 9.13 Å². The number of hydrogen-bond acceptors (Lipinski definition) is 5. The zero-order valence-corrected chi connectivity index (χ0v) is 29.4. The van der Waals surface area contributed by atoms with Gasteiger partial charge in [-0.3, -0.25) is 10.9 Å². The van der Waals surface area contributed by atoms with Gasteiger partial charge in [-0.1, -0.05) is 84.9 Å². The third-order valence-corrected chi connectivity index (χ3v) is 12.2. The van der Waals surface area contributed by atoms with Crippen LogP contribution in [0.3, 0.4) is 0 Å². The predicted octanol–water partition coefficient (Wildman–Crippen LogP) is 5.46. The lowest BCUT2D eigenvalue weighted by Crippen LogP contribution is -2.37. The Kier molecular flexibility index (Phi) is 13.1. The number of nitrogens with one attached hydrogen (secondary N) is 4. The number of hydrazone groups is 2. The molecule has 0 unspecified atom stereocenters. The van der Waals surface area contributed by atoms with Crippen molar-refractivity contribution in [3.05, 3.63) is 163 Å². The predicted molar refractivity (Wildman–Crippen MR) is 210 cm³/mol. The van der Waals surface area contributed by atoms with E-state index in [9.17, 15) is 4.39 Å². The molecule has 0 heterocycles. The fourth-order valence-electron chi connectivity index (χ4n) is 5.18. The van der Waals surface area contributed by atoms with E-state index in [0.29, 0.717) is 46.7 Å². The minimum absolute atomic E-state index is 0.310. The normalized spacial score (nSPS) is 11.8. The molecule has 0 aromatic heterocycles. The van der Waals surface area contributed by atoms with Crippen molar-refractivity contribution in [3.8, 4) is 0 Å². The molecular formula is C38H37FN6OPS2+. The number of nitrogens with zero attached hydrogens (tertiary/aromatic N) is 2. The molecule has 0 aliphatic rings. The van der Waals surface area contributed by atoms with Crippen molar-refractivity contribution in [1.29, 1.82) is 0 Å². The monoisotopic (exact) mass is 707 g/mol. The van der Waals surface area contributed by atoms with E-state index in [1.54, 1.807) is 19.2 Å². The first-order valence-corrected chi connectivity index (χ1v) is 18.4. The molecule has 5 aromatic carbocycles. The van der Waals surface area contributed by atoms with Gasteiger partial charge < -0.3 is 15.4 Å². The Labute approximate surface area is 298 Å². The number of halogens is 1. The molecular weight excluding hydrogens is 671 g/mol. The summed E-state index contributed by atoms with van der Waals surface area (Å²) < 4.78 is 20.3. The van der Waals surface area contributed by atoms with Crippen LogP contribution in [0.4, 0.5) is 4.39 Å². The van der Waals surface area contributed by atoms with Crippen LogP contribution in [0.25, 0.3) is 0 Å². The summed E-state index contributed by atoms with van der Waals surface area (Å²) in [6.07, 6.45) is 0.530. The molecule has 11 heteroatoms. The van der Waals surface area contributed by atoms with E-state index in [-0.39, 0.29) is 5.82 Å². The van der Waals surface area contributed by atoms with Crippen molar-refractivity contribution in [3.63, 3.8) is 0 Å². The lowest BCUT2D eigenvalue weighted by atomic mass is 10.00. The van der Waals surface area contributed by atoms with E-state index in [1.165, 1.54) is 28.0 Å². The van der Waals surface area contributed by atoms with Gasteiger partial charge in [-0.15, -0.1) is 0 Å². The second kappa shape index (κ2) is 18.1. The van der Waals surface area contributed by atoms with E-state index in [0.717, 1.165) is 5.56 Å². The molecule has 0 spiro atoms. The highest BCUT2D eigenvalue weighted by Gasteiger charge is 2.45. The highest BCUT2D eigenvalue weighted by molar-refractivity contribution is 7.95. The molecule has 0 saturated carbocycles. The van der Waals surface area contributed by atoms with Crippen LogP contribution in [0, 0.1) is 5.82 Å². The zero-order chi connectivity index (χ0) is 34.3. The van der Waals surface area contributed by atoms with Gasteiger partial charge in [0.15, 0.2) is 16.6 Å². The number of ether oxygens (including phenoxy) is 1. The Morgan fingerprint density at radius 1 is 0.612 bits per heavy atom. The van der Waals surface area contributed by atoms with Crippen LogP contribution in [0.2, 0.25) is 0 Å². The fraction of sp³-hybridized carbons (Fsp3) is 0.105. The fourth-order valence-corrected chi connectivity index (χ4v) is 9.16. The van der Waals surface area contributed by atoms with Crippen LogP contribution >= 0.6 is 31.7 Å². The summed E-state index contributed by atoms with van der Waals surface area (Å²) in [6, 6.07) is 47.3. The molecule has 0 saturated heterocycles. The first-order valence-electron chi connectivity index (χ1n) is 15.6. The van der Waals surface area contributed by atoms with Crippen molar-refractivity contribution >= 4 is 69.3 Å². The summed E-state index contributed by atoms with van der Waals surface area (Å²) in [5.74, 6) is -0.360. The maximum absolute atomic E-state index is 13.8. The van der Waals surface area contributed by atoms with Gasteiger partial charge in [0, 0.05) is 24.7 Å².